The Morgan fingerprint density at radius 2 is 1.73 bits per heavy atom. The molecule has 0 atom stereocenters. The van der Waals surface area contributed by atoms with E-state index >= 15 is 0 Å². The first-order chi connectivity index (χ1) is 10.8. The summed E-state index contributed by atoms with van der Waals surface area (Å²) in [5.41, 5.74) is 6.13. The molecule has 0 spiro atoms. The summed E-state index contributed by atoms with van der Waals surface area (Å²) in [5, 5.41) is 1.32. The zero-order valence-corrected chi connectivity index (χ0v) is 13.5. The minimum Gasteiger partial charge on any atom is -0.248 e. The molecule has 112 valence electrons. The molecule has 0 amide bonds. The molecule has 1 heteroatoms. The number of nitrogens with zero attached hydrogens (tertiary/aromatic N) is 1. The minimum atomic E-state index is 1.09. The van der Waals surface area contributed by atoms with E-state index in [-0.39, 0.29) is 0 Å². The molecule has 0 bridgehead atoms. The van der Waals surface area contributed by atoms with Gasteiger partial charge in [-0.3, -0.25) is 0 Å². The SMILES string of the molecule is CCCCCc1cc(-c2ccccc2)nc2ccc(C)cc12. The van der Waals surface area contributed by atoms with Crippen molar-refractivity contribution in [3.05, 3.63) is 65.7 Å². The largest absolute Gasteiger partial charge is 0.248 e. The number of rotatable bonds is 5. The molecular weight excluding hydrogens is 266 g/mol. The van der Waals surface area contributed by atoms with E-state index in [4.69, 9.17) is 4.98 Å². The van der Waals surface area contributed by atoms with E-state index < -0.39 is 0 Å². The van der Waals surface area contributed by atoms with Gasteiger partial charge in [-0.1, -0.05) is 61.7 Å². The summed E-state index contributed by atoms with van der Waals surface area (Å²) in [7, 11) is 0. The lowest BCUT2D eigenvalue weighted by atomic mass is 9.98. The molecular formula is C21H23N. The van der Waals surface area contributed by atoms with E-state index in [2.05, 4.69) is 68.4 Å². The lowest BCUT2D eigenvalue weighted by Crippen LogP contribution is -1.94. The van der Waals surface area contributed by atoms with Crippen LogP contribution in [-0.4, -0.2) is 4.98 Å². The van der Waals surface area contributed by atoms with Gasteiger partial charge in [0.2, 0.25) is 0 Å². The van der Waals surface area contributed by atoms with Crippen molar-refractivity contribution in [2.45, 2.75) is 39.5 Å². The van der Waals surface area contributed by atoms with Crippen molar-refractivity contribution in [2.75, 3.05) is 0 Å². The molecule has 3 rings (SSSR count). The Morgan fingerprint density at radius 3 is 2.50 bits per heavy atom. The number of benzene rings is 2. The summed E-state index contributed by atoms with van der Waals surface area (Å²) < 4.78 is 0. The van der Waals surface area contributed by atoms with E-state index in [9.17, 15) is 0 Å². The van der Waals surface area contributed by atoms with Crippen molar-refractivity contribution in [2.24, 2.45) is 0 Å². The molecule has 0 aliphatic rings. The zero-order valence-electron chi connectivity index (χ0n) is 13.5. The van der Waals surface area contributed by atoms with Crippen LogP contribution in [0.2, 0.25) is 0 Å². The number of hydrogen-bond donors (Lipinski definition) is 0. The maximum Gasteiger partial charge on any atom is 0.0712 e. The van der Waals surface area contributed by atoms with E-state index in [1.807, 2.05) is 0 Å². The van der Waals surface area contributed by atoms with E-state index in [0.717, 1.165) is 17.6 Å². The Hall–Kier alpha value is -2.15. The molecule has 1 aromatic heterocycles. The zero-order chi connectivity index (χ0) is 15.4. The third-order valence-electron chi connectivity index (χ3n) is 4.17. The molecule has 0 fully saturated rings. The van der Waals surface area contributed by atoms with Gasteiger partial charge >= 0.3 is 0 Å². The van der Waals surface area contributed by atoms with Crippen LogP contribution >= 0.6 is 0 Å². The van der Waals surface area contributed by atoms with Gasteiger partial charge in [0.15, 0.2) is 0 Å². The Labute approximate surface area is 133 Å². The highest BCUT2D eigenvalue weighted by Crippen LogP contribution is 2.26. The number of unbranched alkanes of at least 4 members (excludes halogenated alkanes) is 2. The third kappa shape index (κ3) is 3.19. The normalized spacial score (nSPS) is 11.0. The molecule has 0 saturated carbocycles. The average Bonchev–Trinajstić information content (AvgIpc) is 2.56. The summed E-state index contributed by atoms with van der Waals surface area (Å²) in [6.45, 7) is 4.41. The molecule has 0 N–H and O–H groups in total. The Balaban J connectivity index is 2.09. The van der Waals surface area contributed by atoms with Gasteiger partial charge in [0.05, 0.1) is 11.2 Å². The Morgan fingerprint density at radius 1 is 0.909 bits per heavy atom. The summed E-state index contributed by atoms with van der Waals surface area (Å²) in [5.74, 6) is 0. The van der Waals surface area contributed by atoms with Crippen molar-refractivity contribution in [3.8, 4) is 11.3 Å². The molecule has 1 heterocycles. The minimum absolute atomic E-state index is 1.09. The summed E-state index contributed by atoms with van der Waals surface area (Å²) in [6, 6.07) is 19.3. The first kappa shape index (κ1) is 14.8. The number of aromatic nitrogens is 1. The first-order valence-corrected chi connectivity index (χ1v) is 8.23. The molecule has 3 aromatic rings. The van der Waals surface area contributed by atoms with Crippen LogP contribution in [0.25, 0.3) is 22.2 Å². The number of pyridine rings is 1. The fourth-order valence-electron chi connectivity index (χ4n) is 2.94. The quantitative estimate of drug-likeness (QED) is 0.529. The standard InChI is InChI=1S/C21H23N/c1-3-4-6-11-18-15-21(17-9-7-5-8-10-17)22-20-13-12-16(2)14-19(18)20/h5,7-10,12-15H,3-4,6,11H2,1-2H3. The Kier molecular flexibility index (Phi) is 4.53. The monoisotopic (exact) mass is 289 g/mol. The number of hydrogen-bond acceptors (Lipinski definition) is 1. The molecule has 22 heavy (non-hydrogen) atoms. The fraction of sp³-hybridized carbons (Fsp3) is 0.286. The van der Waals surface area contributed by atoms with E-state index in [0.29, 0.717) is 0 Å². The molecule has 0 aliphatic heterocycles. The van der Waals surface area contributed by atoms with E-state index in [1.54, 1.807) is 0 Å². The second-order valence-corrected chi connectivity index (χ2v) is 6.01. The second-order valence-electron chi connectivity index (χ2n) is 6.01. The van der Waals surface area contributed by atoms with Crippen LogP contribution in [0.4, 0.5) is 0 Å². The number of aryl methyl sites for hydroxylation is 2. The van der Waals surface area contributed by atoms with Crippen molar-refractivity contribution >= 4 is 10.9 Å². The van der Waals surface area contributed by atoms with Crippen LogP contribution in [0.5, 0.6) is 0 Å². The van der Waals surface area contributed by atoms with Gasteiger partial charge in [-0.15, -0.1) is 0 Å². The van der Waals surface area contributed by atoms with Crippen LogP contribution < -0.4 is 0 Å². The smallest absolute Gasteiger partial charge is 0.0712 e. The van der Waals surface area contributed by atoms with Crippen LogP contribution in [0.1, 0.15) is 37.3 Å². The molecule has 2 aromatic carbocycles. The predicted molar refractivity (Wildman–Crippen MR) is 95.1 cm³/mol. The van der Waals surface area contributed by atoms with Gasteiger partial charge in [-0.25, -0.2) is 4.98 Å². The van der Waals surface area contributed by atoms with Crippen molar-refractivity contribution in [1.29, 1.82) is 0 Å². The summed E-state index contributed by atoms with van der Waals surface area (Å²) in [6.07, 6.45) is 4.93. The second kappa shape index (κ2) is 6.74. The third-order valence-corrected chi connectivity index (χ3v) is 4.17. The fourth-order valence-corrected chi connectivity index (χ4v) is 2.94. The maximum absolute atomic E-state index is 4.88. The molecule has 0 aliphatic carbocycles. The van der Waals surface area contributed by atoms with Gasteiger partial charge in [0.25, 0.3) is 0 Å². The van der Waals surface area contributed by atoms with Gasteiger partial charge in [0, 0.05) is 10.9 Å². The van der Waals surface area contributed by atoms with Gasteiger partial charge < -0.3 is 0 Å². The highest BCUT2D eigenvalue weighted by molar-refractivity contribution is 5.85. The predicted octanol–water partition coefficient (Wildman–Crippen LogP) is 5.94. The first-order valence-electron chi connectivity index (χ1n) is 8.23. The topological polar surface area (TPSA) is 12.9 Å². The Bertz CT molecular complexity index is 759. The molecule has 0 radical (unpaired) electrons. The highest BCUT2D eigenvalue weighted by Gasteiger charge is 2.08. The average molecular weight is 289 g/mol. The molecule has 1 nitrogen and oxygen atoms in total. The van der Waals surface area contributed by atoms with Crippen molar-refractivity contribution in [1.82, 2.24) is 4.98 Å². The van der Waals surface area contributed by atoms with Crippen molar-refractivity contribution in [3.63, 3.8) is 0 Å². The number of fused-ring (bicyclic) bond motifs is 1. The highest BCUT2D eigenvalue weighted by atomic mass is 14.7. The van der Waals surface area contributed by atoms with Gasteiger partial charge in [0.1, 0.15) is 0 Å². The summed E-state index contributed by atoms with van der Waals surface area (Å²) in [4.78, 5) is 4.88. The maximum atomic E-state index is 4.88. The molecule has 0 saturated heterocycles. The van der Waals surface area contributed by atoms with Crippen LogP contribution in [0.3, 0.4) is 0 Å². The van der Waals surface area contributed by atoms with Crippen LogP contribution in [0, 0.1) is 6.92 Å². The van der Waals surface area contributed by atoms with Gasteiger partial charge in [-0.05, 0) is 43.5 Å². The van der Waals surface area contributed by atoms with Crippen LogP contribution in [0.15, 0.2) is 54.6 Å². The lowest BCUT2D eigenvalue weighted by Gasteiger charge is -2.11. The summed E-state index contributed by atoms with van der Waals surface area (Å²) >= 11 is 0. The van der Waals surface area contributed by atoms with Gasteiger partial charge in [-0.2, -0.15) is 0 Å². The van der Waals surface area contributed by atoms with E-state index in [1.165, 1.54) is 41.3 Å². The van der Waals surface area contributed by atoms with Crippen molar-refractivity contribution < 1.29 is 0 Å². The lowest BCUT2D eigenvalue weighted by molar-refractivity contribution is 0.719. The van der Waals surface area contributed by atoms with Crippen LogP contribution in [-0.2, 0) is 6.42 Å². The molecule has 0 unspecified atom stereocenters.